The Hall–Kier alpha value is -1.71. The van der Waals surface area contributed by atoms with Crippen molar-refractivity contribution in [1.82, 2.24) is 10.2 Å². The molecule has 0 aliphatic carbocycles. The number of nitrogen functional groups attached to an aromatic ring is 1. The molecule has 0 aromatic heterocycles. The van der Waals surface area contributed by atoms with Gasteiger partial charge < -0.3 is 16.0 Å². The van der Waals surface area contributed by atoms with E-state index >= 15 is 0 Å². The predicted octanol–water partition coefficient (Wildman–Crippen LogP) is 2.57. The van der Waals surface area contributed by atoms with Crippen molar-refractivity contribution in [3.8, 4) is 0 Å². The minimum Gasteiger partial charge on any atom is -0.398 e. The molecule has 1 aliphatic heterocycles. The maximum atomic E-state index is 11.9. The van der Waals surface area contributed by atoms with Crippen molar-refractivity contribution >= 4 is 11.7 Å². The SMILES string of the molecule is CC(C)NC(=O)N1CCC(c2ccccc2N)CC1. The van der Waals surface area contributed by atoms with E-state index in [4.69, 9.17) is 5.73 Å². The molecule has 2 amide bonds. The largest absolute Gasteiger partial charge is 0.398 e. The van der Waals surface area contributed by atoms with E-state index in [9.17, 15) is 4.79 Å². The van der Waals surface area contributed by atoms with Crippen LogP contribution in [0, 0.1) is 0 Å². The van der Waals surface area contributed by atoms with Gasteiger partial charge in [-0.2, -0.15) is 0 Å². The number of amides is 2. The van der Waals surface area contributed by atoms with Gasteiger partial charge >= 0.3 is 6.03 Å². The zero-order chi connectivity index (χ0) is 13.8. The quantitative estimate of drug-likeness (QED) is 0.804. The van der Waals surface area contributed by atoms with E-state index < -0.39 is 0 Å². The molecule has 0 radical (unpaired) electrons. The number of carbonyl (C=O) groups excluding carboxylic acids is 1. The van der Waals surface area contributed by atoms with Gasteiger partial charge in [0.05, 0.1) is 0 Å². The van der Waals surface area contributed by atoms with Gasteiger partial charge in [0.15, 0.2) is 0 Å². The van der Waals surface area contributed by atoms with Gasteiger partial charge in [-0.15, -0.1) is 0 Å². The third-order valence-corrected chi connectivity index (χ3v) is 3.63. The maximum Gasteiger partial charge on any atom is 0.317 e. The van der Waals surface area contributed by atoms with Gasteiger partial charge in [-0.3, -0.25) is 0 Å². The van der Waals surface area contributed by atoms with Gasteiger partial charge in [-0.25, -0.2) is 4.79 Å². The summed E-state index contributed by atoms with van der Waals surface area (Å²) in [6, 6.07) is 8.29. The molecule has 1 fully saturated rings. The lowest BCUT2D eigenvalue weighted by Crippen LogP contribution is -2.46. The fourth-order valence-corrected chi connectivity index (χ4v) is 2.61. The highest BCUT2D eigenvalue weighted by atomic mass is 16.2. The molecule has 1 aliphatic rings. The summed E-state index contributed by atoms with van der Waals surface area (Å²) in [6.07, 6.45) is 1.97. The van der Waals surface area contributed by atoms with Crippen LogP contribution in [-0.4, -0.2) is 30.1 Å². The number of rotatable bonds is 2. The lowest BCUT2D eigenvalue weighted by Gasteiger charge is -2.33. The van der Waals surface area contributed by atoms with Crippen molar-refractivity contribution < 1.29 is 4.79 Å². The number of urea groups is 1. The Labute approximate surface area is 115 Å². The minimum absolute atomic E-state index is 0.0504. The van der Waals surface area contributed by atoms with Gasteiger partial charge in [-0.1, -0.05) is 18.2 Å². The maximum absolute atomic E-state index is 11.9. The Balaban J connectivity index is 1.93. The van der Waals surface area contributed by atoms with Crippen molar-refractivity contribution in [2.24, 2.45) is 0 Å². The minimum atomic E-state index is 0.0504. The molecule has 1 heterocycles. The Bertz CT molecular complexity index is 437. The molecule has 0 unspecified atom stereocenters. The van der Waals surface area contributed by atoms with Crippen molar-refractivity contribution in [2.45, 2.75) is 38.6 Å². The molecule has 1 aromatic carbocycles. The fraction of sp³-hybridized carbons (Fsp3) is 0.533. The zero-order valence-electron chi connectivity index (χ0n) is 11.7. The lowest BCUT2D eigenvalue weighted by atomic mass is 9.88. The van der Waals surface area contributed by atoms with E-state index in [2.05, 4.69) is 11.4 Å². The highest BCUT2D eigenvalue weighted by molar-refractivity contribution is 5.74. The number of likely N-dealkylation sites (tertiary alicyclic amines) is 1. The molecule has 1 saturated heterocycles. The Morgan fingerprint density at radius 3 is 2.53 bits per heavy atom. The summed E-state index contributed by atoms with van der Waals surface area (Å²) in [7, 11) is 0. The number of hydrogen-bond donors (Lipinski definition) is 2. The van der Waals surface area contributed by atoms with Crippen molar-refractivity contribution in [3.05, 3.63) is 29.8 Å². The van der Waals surface area contributed by atoms with Crippen LogP contribution in [0.2, 0.25) is 0 Å². The third-order valence-electron chi connectivity index (χ3n) is 3.63. The number of benzene rings is 1. The number of piperidine rings is 1. The lowest BCUT2D eigenvalue weighted by molar-refractivity contribution is 0.179. The van der Waals surface area contributed by atoms with Crippen LogP contribution in [0.4, 0.5) is 10.5 Å². The van der Waals surface area contributed by atoms with Gasteiger partial charge in [0.1, 0.15) is 0 Å². The summed E-state index contributed by atoms with van der Waals surface area (Å²) in [5.74, 6) is 0.476. The summed E-state index contributed by atoms with van der Waals surface area (Å²) < 4.78 is 0. The molecular formula is C15H23N3O. The van der Waals surface area contributed by atoms with Crippen molar-refractivity contribution in [1.29, 1.82) is 0 Å². The van der Waals surface area contributed by atoms with Gasteiger partial charge in [0.25, 0.3) is 0 Å². The third kappa shape index (κ3) is 3.40. The van der Waals surface area contributed by atoms with E-state index in [1.807, 2.05) is 36.9 Å². The molecule has 1 aromatic rings. The highest BCUT2D eigenvalue weighted by Gasteiger charge is 2.24. The molecule has 4 nitrogen and oxygen atoms in total. The van der Waals surface area contributed by atoms with Gasteiger partial charge in [0, 0.05) is 24.8 Å². The first-order chi connectivity index (χ1) is 9.08. The van der Waals surface area contributed by atoms with Crippen molar-refractivity contribution in [3.63, 3.8) is 0 Å². The number of carbonyl (C=O) groups is 1. The number of para-hydroxylation sites is 1. The van der Waals surface area contributed by atoms with E-state index in [0.29, 0.717) is 5.92 Å². The molecular weight excluding hydrogens is 238 g/mol. The molecule has 19 heavy (non-hydrogen) atoms. The summed E-state index contributed by atoms with van der Waals surface area (Å²) in [5.41, 5.74) is 8.12. The van der Waals surface area contributed by atoms with E-state index in [1.165, 1.54) is 5.56 Å². The van der Waals surface area contributed by atoms with E-state index in [0.717, 1.165) is 31.6 Å². The number of nitrogens with one attached hydrogen (secondary N) is 1. The zero-order valence-corrected chi connectivity index (χ0v) is 11.7. The van der Waals surface area contributed by atoms with Crippen LogP contribution in [0.3, 0.4) is 0 Å². The standard InChI is InChI=1S/C15H23N3O/c1-11(2)17-15(19)18-9-7-12(8-10-18)13-5-3-4-6-14(13)16/h3-6,11-12H,7-10,16H2,1-2H3,(H,17,19). The summed E-state index contributed by atoms with van der Waals surface area (Å²) >= 11 is 0. The first-order valence-electron chi connectivity index (χ1n) is 6.97. The van der Waals surface area contributed by atoms with Gasteiger partial charge in [0.2, 0.25) is 0 Å². The van der Waals surface area contributed by atoms with Crippen LogP contribution in [0.5, 0.6) is 0 Å². The van der Waals surface area contributed by atoms with E-state index in [-0.39, 0.29) is 12.1 Å². The monoisotopic (exact) mass is 261 g/mol. The van der Waals surface area contributed by atoms with Crippen LogP contribution in [0.25, 0.3) is 0 Å². The van der Waals surface area contributed by atoms with Crippen molar-refractivity contribution in [2.75, 3.05) is 18.8 Å². The Morgan fingerprint density at radius 2 is 1.95 bits per heavy atom. The first-order valence-corrected chi connectivity index (χ1v) is 6.97. The number of anilines is 1. The molecule has 104 valence electrons. The highest BCUT2D eigenvalue weighted by Crippen LogP contribution is 2.31. The molecule has 3 N–H and O–H groups in total. The molecule has 0 atom stereocenters. The number of hydrogen-bond acceptors (Lipinski definition) is 2. The summed E-state index contributed by atoms with van der Waals surface area (Å²) in [5, 5.41) is 2.94. The average molecular weight is 261 g/mol. The number of nitrogens with zero attached hydrogens (tertiary/aromatic N) is 1. The normalized spacial score (nSPS) is 16.7. The van der Waals surface area contributed by atoms with Crippen LogP contribution in [-0.2, 0) is 0 Å². The second-order valence-corrected chi connectivity index (χ2v) is 5.49. The molecule has 0 spiro atoms. The molecule has 0 bridgehead atoms. The van der Waals surface area contributed by atoms with Crippen LogP contribution < -0.4 is 11.1 Å². The Morgan fingerprint density at radius 1 is 1.32 bits per heavy atom. The van der Waals surface area contributed by atoms with Crippen LogP contribution in [0.15, 0.2) is 24.3 Å². The molecule has 2 rings (SSSR count). The molecule has 0 saturated carbocycles. The second kappa shape index (κ2) is 5.95. The smallest absolute Gasteiger partial charge is 0.317 e. The second-order valence-electron chi connectivity index (χ2n) is 5.49. The topological polar surface area (TPSA) is 58.4 Å². The van der Waals surface area contributed by atoms with E-state index in [1.54, 1.807) is 0 Å². The predicted molar refractivity (Wildman–Crippen MR) is 78.1 cm³/mol. The Kier molecular flexibility index (Phi) is 4.30. The average Bonchev–Trinajstić information content (AvgIpc) is 2.39. The summed E-state index contributed by atoms with van der Waals surface area (Å²) in [6.45, 7) is 5.57. The van der Waals surface area contributed by atoms with Gasteiger partial charge in [-0.05, 0) is 44.2 Å². The van der Waals surface area contributed by atoms with Crippen LogP contribution in [0.1, 0.15) is 38.2 Å². The first kappa shape index (κ1) is 13.7. The van der Waals surface area contributed by atoms with Crippen LogP contribution >= 0.6 is 0 Å². The molecule has 4 heteroatoms. The fourth-order valence-electron chi connectivity index (χ4n) is 2.61. The number of nitrogens with two attached hydrogens (primary N) is 1. The summed E-state index contributed by atoms with van der Waals surface area (Å²) in [4.78, 5) is 13.8.